The Bertz CT molecular complexity index is 3270. The molecule has 0 saturated heterocycles. The number of rotatable bonds is 30. The SMILES string of the molecule is [B]C(=O)N[C@H](C(=O)N[C@@H](Cc1ccc2ccccc2c1)C(=O)NC(CCC)C(O)C(=O)NCC(=O)O)C1CCCCC1.[B]C(=O)N[C@H](C(=O)N[C@@H](Cc1ccc2ccccc2c1)C(=O)NC(CCC)C(O)C(=O)NCC(=O)OCc1ccccc1)C1CCCCC1. The molecule has 0 heterocycles. The van der Waals surface area contributed by atoms with Gasteiger partial charge in [-0.05, 0) is 88.6 Å². The first-order valence-electron chi connectivity index (χ1n) is 31.3. The largest absolute Gasteiger partial charge is 0.480 e. The lowest BCUT2D eigenvalue weighted by Gasteiger charge is -2.32. The van der Waals surface area contributed by atoms with Crippen molar-refractivity contribution in [1.82, 2.24) is 42.5 Å². The van der Waals surface area contributed by atoms with Crippen molar-refractivity contribution in [2.45, 2.75) is 172 Å². The lowest BCUT2D eigenvalue weighted by atomic mass is 9.83. The second kappa shape index (κ2) is 36.9. The number of aliphatic hydroxyl groups excluding tert-OH is 2. The van der Waals surface area contributed by atoms with Gasteiger partial charge >= 0.3 is 11.9 Å². The lowest BCUT2D eigenvalue weighted by molar-refractivity contribution is -0.146. The highest BCUT2D eigenvalue weighted by Crippen LogP contribution is 2.29. The van der Waals surface area contributed by atoms with Crippen LogP contribution < -0.4 is 42.5 Å². The Morgan fingerprint density at radius 3 is 1.25 bits per heavy atom. The van der Waals surface area contributed by atoms with Crippen molar-refractivity contribution in [3.63, 3.8) is 0 Å². The van der Waals surface area contributed by atoms with E-state index in [1.807, 2.05) is 110 Å². The monoisotopic (exact) mass is 1250 g/mol. The Balaban J connectivity index is 0.000000293. The third-order valence-electron chi connectivity index (χ3n) is 16.4. The number of hydrogen-bond donors (Lipinski definition) is 11. The van der Waals surface area contributed by atoms with E-state index in [1.54, 1.807) is 19.1 Å². The molecule has 2 aliphatic rings. The van der Waals surface area contributed by atoms with Crippen LogP contribution in [0.3, 0.4) is 0 Å². The van der Waals surface area contributed by atoms with E-state index in [1.165, 1.54) is 0 Å². The fraction of sp³-hybridized carbons (Fsp3) is 0.463. The van der Waals surface area contributed by atoms with Crippen LogP contribution in [0, 0.1) is 11.8 Å². The first-order chi connectivity index (χ1) is 43.7. The summed E-state index contributed by atoms with van der Waals surface area (Å²) in [6.45, 7) is 2.53. The highest BCUT2D eigenvalue weighted by atomic mass is 16.5. The molecule has 2 saturated carbocycles. The van der Waals surface area contributed by atoms with Gasteiger partial charge in [0.2, 0.25) is 39.3 Å². The van der Waals surface area contributed by atoms with Crippen LogP contribution in [-0.2, 0) is 62.5 Å². The van der Waals surface area contributed by atoms with Gasteiger partial charge in [0, 0.05) is 12.8 Å². The highest BCUT2D eigenvalue weighted by molar-refractivity contribution is 6.57. The van der Waals surface area contributed by atoms with Crippen molar-refractivity contribution in [3.8, 4) is 0 Å². The van der Waals surface area contributed by atoms with Crippen LogP contribution >= 0.6 is 0 Å². The summed E-state index contributed by atoms with van der Waals surface area (Å²) >= 11 is 0. The molecule has 24 heteroatoms. The molecule has 22 nitrogen and oxygen atoms in total. The summed E-state index contributed by atoms with van der Waals surface area (Å²) in [4.78, 5) is 127. The molecule has 0 spiro atoms. The molecular weight excluding hydrogens is 1160 g/mol. The quantitative estimate of drug-likeness (QED) is 0.0219. The van der Waals surface area contributed by atoms with Gasteiger partial charge in [-0.15, -0.1) is 0 Å². The standard InChI is InChI=1S/C37H45BN4O7.C30H39BN4O7/c1-2-11-29(33(44)36(47)39-22-31(43)49-23-24-12-5-3-6-13-24)40-34(45)30(21-25-18-19-26-14-9-10-17-28(26)20-25)41-35(46)32(42-37(38)48)27-15-7-4-8-16-27;1-2-8-22(26(38)29(41)32-17-24(36)37)33-27(39)23(16-18-13-14-19-9-6-7-12-21(19)15-18)34-28(40)25(35-30(31)42)20-10-4-3-5-11-20/h3,5-6,9-10,12-14,17-20,27,29-30,32-33,44H,2,4,7-8,11,15-16,21-23H2,1H3,(H,39,47)(H,40,45)(H,41,46)(H,42,48);6-7,9,12-15,20,22-23,25-26,38H,2-5,8,10-11,16-17H2,1H3,(H,32,41)(H,33,39)(H,34,40)(H,35,42)(H,36,37)/t29?,30-,32-,33?;22?,23-,25-,26?/m00/s1. The smallest absolute Gasteiger partial charge is 0.325 e. The second-order valence-electron chi connectivity index (χ2n) is 23.3. The Morgan fingerprint density at radius 2 is 0.857 bits per heavy atom. The molecular formula is C67H84B2N8O14. The van der Waals surface area contributed by atoms with Crippen LogP contribution in [0.5, 0.6) is 0 Å². The van der Waals surface area contributed by atoms with E-state index < -0.39 is 121 Å². The van der Waals surface area contributed by atoms with E-state index >= 15 is 0 Å². The molecule has 91 heavy (non-hydrogen) atoms. The Labute approximate surface area is 533 Å². The molecule has 2 fully saturated rings. The average Bonchev–Trinajstić information content (AvgIpc) is 1.97. The van der Waals surface area contributed by atoms with Crippen LogP contribution in [0.4, 0.5) is 9.59 Å². The Kier molecular flexibility index (Phi) is 29.0. The minimum Gasteiger partial charge on any atom is -0.480 e. The van der Waals surface area contributed by atoms with E-state index in [0.717, 1.165) is 102 Å². The van der Waals surface area contributed by atoms with Crippen LogP contribution in [0.25, 0.3) is 21.5 Å². The van der Waals surface area contributed by atoms with Crippen molar-refractivity contribution in [1.29, 1.82) is 0 Å². The lowest BCUT2D eigenvalue weighted by Crippen LogP contribution is -2.59. The maximum absolute atomic E-state index is 13.9. The molecule has 0 bridgehead atoms. The van der Waals surface area contributed by atoms with Crippen molar-refractivity contribution < 1.29 is 68.0 Å². The first-order valence-corrected chi connectivity index (χ1v) is 31.3. The van der Waals surface area contributed by atoms with Gasteiger partial charge in [-0.1, -0.05) is 180 Å². The van der Waals surface area contributed by atoms with Gasteiger partial charge in [-0.3, -0.25) is 47.9 Å². The third-order valence-corrected chi connectivity index (χ3v) is 16.4. The van der Waals surface area contributed by atoms with E-state index in [9.17, 15) is 58.2 Å². The summed E-state index contributed by atoms with van der Waals surface area (Å²) in [5.41, 5.74) is 2.32. The second-order valence-corrected chi connectivity index (χ2v) is 23.3. The molecule has 4 radical (unpaired) electrons. The first kappa shape index (κ1) is 71.4. The zero-order valence-corrected chi connectivity index (χ0v) is 51.7. The summed E-state index contributed by atoms with van der Waals surface area (Å²) in [6, 6.07) is 29.8. The molecule has 8 amide bonds. The van der Waals surface area contributed by atoms with E-state index in [2.05, 4.69) is 42.5 Å². The van der Waals surface area contributed by atoms with Gasteiger partial charge in [0.25, 0.3) is 11.8 Å². The van der Waals surface area contributed by atoms with Gasteiger partial charge in [0.15, 0.2) is 23.8 Å². The number of aliphatic hydroxyl groups is 2. The number of amides is 8. The summed E-state index contributed by atoms with van der Waals surface area (Å²) in [7, 11) is 10.8. The predicted molar refractivity (Wildman–Crippen MR) is 344 cm³/mol. The number of ether oxygens (including phenoxy) is 1. The van der Waals surface area contributed by atoms with Crippen molar-refractivity contribution >= 4 is 96.2 Å². The Morgan fingerprint density at radius 1 is 0.462 bits per heavy atom. The van der Waals surface area contributed by atoms with Gasteiger partial charge in [-0.25, -0.2) is 0 Å². The molecule has 8 atom stereocenters. The highest BCUT2D eigenvalue weighted by Gasteiger charge is 2.37. The number of carboxylic acid groups (broad SMARTS) is 1. The maximum atomic E-state index is 13.9. The number of hydrogen-bond acceptors (Lipinski definition) is 13. The van der Waals surface area contributed by atoms with Crippen molar-refractivity contribution in [2.75, 3.05) is 13.1 Å². The zero-order valence-electron chi connectivity index (χ0n) is 51.7. The minimum atomic E-state index is -1.71. The minimum absolute atomic E-state index is 0.0352. The molecule has 5 aromatic carbocycles. The normalized spacial score (nSPS) is 16.0. The Hall–Kier alpha value is -8.63. The number of carbonyl (C=O) groups is 10. The number of nitrogens with one attached hydrogen (secondary N) is 8. The van der Waals surface area contributed by atoms with Crippen LogP contribution in [0.1, 0.15) is 120 Å². The van der Waals surface area contributed by atoms with E-state index in [0.29, 0.717) is 12.8 Å². The number of carboxylic acids is 1. The molecule has 7 rings (SSSR count). The van der Waals surface area contributed by atoms with Gasteiger partial charge in [0.05, 0.1) is 12.1 Å². The van der Waals surface area contributed by atoms with Gasteiger partial charge in [-0.2, -0.15) is 0 Å². The zero-order chi connectivity index (χ0) is 65.8. The molecule has 0 aromatic heterocycles. The third kappa shape index (κ3) is 23.3. The number of fused-ring (bicyclic) bond motifs is 2. The number of esters is 1. The van der Waals surface area contributed by atoms with Crippen LogP contribution in [0.2, 0.25) is 0 Å². The fourth-order valence-electron chi connectivity index (χ4n) is 11.7. The van der Waals surface area contributed by atoms with Crippen LogP contribution in [0.15, 0.2) is 115 Å². The van der Waals surface area contributed by atoms with Crippen LogP contribution in [-0.4, -0.2) is 152 Å². The van der Waals surface area contributed by atoms with Gasteiger partial charge in [0.1, 0.15) is 43.9 Å². The van der Waals surface area contributed by atoms with Gasteiger partial charge < -0.3 is 62.6 Å². The topological polar surface area (TPSA) is 337 Å². The molecule has 0 aliphatic heterocycles. The number of carbonyl (C=O) groups excluding carboxylic acids is 9. The number of aliphatic carboxylic acids is 1. The van der Waals surface area contributed by atoms with Crippen molar-refractivity contribution in [3.05, 3.63) is 132 Å². The number of benzene rings is 5. The summed E-state index contributed by atoms with van der Waals surface area (Å²) in [6.07, 6.45) is 6.95. The summed E-state index contributed by atoms with van der Waals surface area (Å²) in [5, 5.41) is 55.1. The van der Waals surface area contributed by atoms with E-state index in [-0.39, 0.29) is 44.1 Å². The maximum Gasteiger partial charge on any atom is 0.325 e. The molecule has 482 valence electrons. The average molecular weight is 1250 g/mol. The summed E-state index contributed by atoms with van der Waals surface area (Å²) in [5.74, 6) is -8.03. The van der Waals surface area contributed by atoms with Crippen molar-refractivity contribution in [2.24, 2.45) is 11.8 Å². The molecule has 2 aliphatic carbocycles. The molecule has 5 aromatic rings. The molecule has 4 unspecified atom stereocenters. The fourth-order valence-corrected chi connectivity index (χ4v) is 11.7. The summed E-state index contributed by atoms with van der Waals surface area (Å²) < 4.78 is 5.19. The predicted octanol–water partition coefficient (Wildman–Crippen LogP) is 4.74. The van der Waals surface area contributed by atoms with E-state index in [4.69, 9.17) is 25.5 Å². The molecule has 11 N–H and O–H groups in total.